The molecular weight excluding hydrogens is 476 g/mol. The van der Waals surface area contributed by atoms with Crippen LogP contribution in [0.5, 0.6) is 0 Å². The highest BCUT2D eigenvalue weighted by molar-refractivity contribution is 5.92. The number of halogens is 2. The summed E-state index contributed by atoms with van der Waals surface area (Å²) in [5, 5.41) is 0. The van der Waals surface area contributed by atoms with Crippen molar-refractivity contribution >= 4 is 11.8 Å². The van der Waals surface area contributed by atoms with Crippen LogP contribution in [-0.4, -0.2) is 59.0 Å². The van der Waals surface area contributed by atoms with Crippen molar-refractivity contribution < 1.29 is 23.1 Å². The number of carbonyl (C=O) groups is 2. The average Bonchev–Trinajstić information content (AvgIpc) is 3.07. The Morgan fingerprint density at radius 2 is 1.68 bits per heavy atom. The van der Waals surface area contributed by atoms with Crippen LogP contribution in [0.15, 0.2) is 42.5 Å². The molecule has 4 rings (SSSR count). The molecule has 2 fully saturated rings. The van der Waals surface area contributed by atoms with Crippen LogP contribution in [0.2, 0.25) is 0 Å². The smallest absolute Gasteiger partial charge is 0.248 e. The third kappa shape index (κ3) is 6.73. The lowest BCUT2D eigenvalue weighted by Crippen LogP contribution is -2.47. The number of ether oxygens (including phenoxy) is 1. The minimum Gasteiger partial charge on any atom is -0.366 e. The van der Waals surface area contributed by atoms with E-state index >= 15 is 0 Å². The molecule has 2 aliphatic rings. The summed E-state index contributed by atoms with van der Waals surface area (Å²) >= 11 is 0. The maximum Gasteiger partial charge on any atom is 0.248 e. The molecule has 2 aromatic rings. The van der Waals surface area contributed by atoms with Crippen LogP contribution in [0.1, 0.15) is 73.9 Å². The highest BCUT2D eigenvalue weighted by Gasteiger charge is 2.41. The van der Waals surface area contributed by atoms with Crippen molar-refractivity contribution in [1.82, 2.24) is 9.80 Å². The zero-order chi connectivity index (χ0) is 26.7. The maximum absolute atomic E-state index is 14.4. The highest BCUT2D eigenvalue weighted by atomic mass is 19.1. The van der Waals surface area contributed by atoms with Crippen molar-refractivity contribution in [3.8, 4) is 0 Å². The first-order chi connectivity index (χ1) is 17.5. The number of carbonyl (C=O) groups excluding carboxylic acids is 2. The molecule has 2 saturated heterocycles. The molecule has 0 saturated carbocycles. The summed E-state index contributed by atoms with van der Waals surface area (Å²) in [4.78, 5) is 28.7. The van der Waals surface area contributed by atoms with Gasteiger partial charge in [-0.1, -0.05) is 18.2 Å². The van der Waals surface area contributed by atoms with Gasteiger partial charge >= 0.3 is 0 Å². The monoisotopic (exact) mass is 513 g/mol. The average molecular weight is 514 g/mol. The van der Waals surface area contributed by atoms with Crippen molar-refractivity contribution in [3.05, 3.63) is 70.8 Å². The largest absolute Gasteiger partial charge is 0.366 e. The van der Waals surface area contributed by atoms with Crippen LogP contribution in [-0.2, 0) is 16.1 Å². The minimum absolute atomic E-state index is 0.109. The van der Waals surface area contributed by atoms with E-state index in [1.807, 2.05) is 32.9 Å². The maximum atomic E-state index is 14.4. The van der Waals surface area contributed by atoms with Crippen molar-refractivity contribution in [2.75, 3.05) is 19.7 Å². The summed E-state index contributed by atoms with van der Waals surface area (Å²) in [7, 11) is 0. The number of benzene rings is 2. The minimum atomic E-state index is -0.659. The normalized spacial score (nSPS) is 21.7. The van der Waals surface area contributed by atoms with E-state index < -0.39 is 23.1 Å². The summed E-state index contributed by atoms with van der Waals surface area (Å²) in [5.41, 5.74) is 6.53. The van der Waals surface area contributed by atoms with Crippen LogP contribution in [0.4, 0.5) is 8.78 Å². The second kappa shape index (κ2) is 11.3. The molecule has 6 nitrogen and oxygen atoms in total. The molecule has 2 aliphatic heterocycles. The SMILES string of the molecule is CC(C)(C)OCC(=O)N(CCN1[C@@H]2CC[C@H]1CC(c1cccc(C(N)=O)c1)C2)Cc1c(F)cccc1F. The number of amides is 2. The molecule has 2 bridgehead atoms. The Morgan fingerprint density at radius 3 is 2.27 bits per heavy atom. The first-order valence-electron chi connectivity index (χ1n) is 13.0. The van der Waals surface area contributed by atoms with Gasteiger partial charge < -0.3 is 15.4 Å². The van der Waals surface area contributed by atoms with Gasteiger partial charge in [0.05, 0.1) is 12.1 Å². The van der Waals surface area contributed by atoms with E-state index in [0.717, 1.165) is 31.2 Å². The summed E-state index contributed by atoms with van der Waals surface area (Å²) < 4.78 is 34.5. The zero-order valence-electron chi connectivity index (χ0n) is 21.9. The lowest BCUT2D eigenvalue weighted by atomic mass is 9.84. The predicted octanol–water partition coefficient (Wildman–Crippen LogP) is 4.62. The van der Waals surface area contributed by atoms with Gasteiger partial charge in [0.25, 0.3) is 0 Å². The van der Waals surface area contributed by atoms with Gasteiger partial charge in [-0.3, -0.25) is 14.5 Å². The van der Waals surface area contributed by atoms with E-state index in [9.17, 15) is 18.4 Å². The molecule has 0 aliphatic carbocycles. The van der Waals surface area contributed by atoms with Gasteiger partial charge in [0, 0.05) is 36.3 Å². The zero-order valence-corrected chi connectivity index (χ0v) is 21.9. The lowest BCUT2D eigenvalue weighted by molar-refractivity contribution is -0.142. The fourth-order valence-electron chi connectivity index (χ4n) is 5.63. The summed E-state index contributed by atoms with van der Waals surface area (Å²) in [6, 6.07) is 12.0. The quantitative estimate of drug-likeness (QED) is 0.531. The second-order valence-corrected chi connectivity index (χ2v) is 11.2. The molecule has 3 atom stereocenters. The van der Waals surface area contributed by atoms with E-state index in [1.165, 1.54) is 23.1 Å². The van der Waals surface area contributed by atoms with Gasteiger partial charge in [-0.05, 0) is 82.2 Å². The van der Waals surface area contributed by atoms with Crippen LogP contribution in [0.3, 0.4) is 0 Å². The summed E-state index contributed by atoms with van der Waals surface area (Å²) in [6.07, 6.45) is 4.06. The van der Waals surface area contributed by atoms with Gasteiger partial charge in [-0.25, -0.2) is 8.78 Å². The standard InChI is InChI=1S/C29H37F2N3O3/c1-29(2,3)37-18-27(35)33(17-24-25(30)8-5-9-26(24)31)12-13-34-22-10-11-23(34)16-21(15-22)19-6-4-7-20(14-19)28(32)36/h4-9,14,21-23H,10-13,15-18H2,1-3H3,(H2,32,36)/t21?,22-,23+. The van der Waals surface area contributed by atoms with Gasteiger partial charge in [0.2, 0.25) is 11.8 Å². The molecule has 37 heavy (non-hydrogen) atoms. The topological polar surface area (TPSA) is 75.9 Å². The van der Waals surface area contributed by atoms with Crippen LogP contribution < -0.4 is 5.73 Å². The Kier molecular flexibility index (Phi) is 8.29. The number of hydrogen-bond donors (Lipinski definition) is 1. The van der Waals surface area contributed by atoms with E-state index in [4.69, 9.17) is 10.5 Å². The third-order valence-electron chi connectivity index (χ3n) is 7.55. The number of nitrogens with zero attached hydrogens (tertiary/aromatic N) is 2. The van der Waals surface area contributed by atoms with E-state index in [0.29, 0.717) is 36.7 Å². The van der Waals surface area contributed by atoms with E-state index in [-0.39, 0.29) is 24.6 Å². The molecule has 0 spiro atoms. The Labute approximate surface area is 217 Å². The number of fused-ring (bicyclic) bond motifs is 2. The predicted molar refractivity (Wildman–Crippen MR) is 138 cm³/mol. The molecule has 2 amide bonds. The van der Waals surface area contributed by atoms with Crippen molar-refractivity contribution in [2.45, 2.75) is 76.6 Å². The fourth-order valence-corrected chi connectivity index (χ4v) is 5.63. The molecule has 0 radical (unpaired) electrons. The summed E-state index contributed by atoms with van der Waals surface area (Å²) in [6.45, 7) is 6.28. The molecular formula is C29H37F2N3O3. The highest BCUT2D eigenvalue weighted by Crippen LogP contribution is 2.43. The first kappa shape index (κ1) is 27.2. The molecule has 0 aromatic heterocycles. The van der Waals surface area contributed by atoms with Gasteiger partial charge in [-0.2, -0.15) is 0 Å². The number of nitrogens with two attached hydrogens (primary N) is 1. The molecule has 2 N–H and O–H groups in total. The fraction of sp³-hybridized carbons (Fsp3) is 0.517. The Bertz CT molecular complexity index is 1100. The van der Waals surface area contributed by atoms with Crippen LogP contribution in [0, 0.1) is 11.6 Å². The van der Waals surface area contributed by atoms with Crippen molar-refractivity contribution in [3.63, 3.8) is 0 Å². The Morgan fingerprint density at radius 1 is 1.05 bits per heavy atom. The summed E-state index contributed by atoms with van der Waals surface area (Å²) in [5.74, 6) is -1.68. The number of piperidine rings is 1. The lowest BCUT2D eigenvalue weighted by Gasteiger charge is -2.40. The molecule has 2 heterocycles. The second-order valence-electron chi connectivity index (χ2n) is 11.2. The molecule has 200 valence electrons. The molecule has 1 unspecified atom stereocenters. The van der Waals surface area contributed by atoms with Crippen molar-refractivity contribution in [1.29, 1.82) is 0 Å². The molecule has 8 heteroatoms. The van der Waals surface area contributed by atoms with Gasteiger partial charge in [-0.15, -0.1) is 0 Å². The van der Waals surface area contributed by atoms with E-state index in [2.05, 4.69) is 11.0 Å². The Hall–Kier alpha value is -2.84. The first-order valence-corrected chi connectivity index (χ1v) is 13.0. The third-order valence-corrected chi connectivity index (χ3v) is 7.55. The number of rotatable bonds is 9. The number of hydrogen-bond acceptors (Lipinski definition) is 4. The van der Waals surface area contributed by atoms with Gasteiger partial charge in [0.15, 0.2) is 0 Å². The van der Waals surface area contributed by atoms with E-state index in [1.54, 1.807) is 6.07 Å². The van der Waals surface area contributed by atoms with Crippen LogP contribution in [0.25, 0.3) is 0 Å². The number of primary amides is 1. The van der Waals surface area contributed by atoms with Crippen molar-refractivity contribution in [2.24, 2.45) is 5.73 Å². The Balaban J connectivity index is 1.44. The molecule has 2 aromatic carbocycles. The van der Waals surface area contributed by atoms with Crippen LogP contribution >= 0.6 is 0 Å². The van der Waals surface area contributed by atoms with Gasteiger partial charge in [0.1, 0.15) is 18.2 Å².